The van der Waals surface area contributed by atoms with Crippen LogP contribution in [-0.4, -0.2) is 49.5 Å². The van der Waals surface area contributed by atoms with Crippen molar-refractivity contribution in [3.05, 3.63) is 11.8 Å². The van der Waals surface area contributed by atoms with Gasteiger partial charge in [-0.1, -0.05) is 0 Å². The lowest BCUT2D eigenvalue weighted by Crippen LogP contribution is -2.38. The number of fused-ring (bicyclic) bond motifs is 3. The molecule has 0 unspecified atom stereocenters. The first kappa shape index (κ1) is 12.7. The zero-order chi connectivity index (χ0) is 14.1. The summed E-state index contributed by atoms with van der Waals surface area (Å²) in [6.45, 7) is 1.68. The van der Waals surface area contributed by atoms with Crippen LogP contribution in [0.3, 0.4) is 0 Å². The van der Waals surface area contributed by atoms with Crippen LogP contribution in [0.4, 0.5) is 11.5 Å². The summed E-state index contributed by atoms with van der Waals surface area (Å²) in [6.07, 6.45) is 3.94. The number of pyridine rings is 1. The van der Waals surface area contributed by atoms with Gasteiger partial charge in [-0.2, -0.15) is 5.26 Å². The van der Waals surface area contributed by atoms with E-state index in [9.17, 15) is 5.26 Å². The van der Waals surface area contributed by atoms with E-state index in [-0.39, 0.29) is 0 Å². The van der Waals surface area contributed by atoms with E-state index >= 15 is 0 Å². The van der Waals surface area contributed by atoms with Crippen LogP contribution in [0.25, 0.3) is 0 Å². The van der Waals surface area contributed by atoms with Gasteiger partial charge in [0.25, 0.3) is 0 Å². The predicted octanol–water partition coefficient (Wildman–Crippen LogP) is 1.54. The van der Waals surface area contributed by atoms with Crippen molar-refractivity contribution in [2.24, 2.45) is 4.99 Å². The fourth-order valence-electron chi connectivity index (χ4n) is 2.62. The van der Waals surface area contributed by atoms with Crippen molar-refractivity contribution < 1.29 is 4.74 Å². The van der Waals surface area contributed by atoms with Gasteiger partial charge >= 0.3 is 0 Å². The third-order valence-corrected chi connectivity index (χ3v) is 3.56. The van der Waals surface area contributed by atoms with Crippen LogP contribution < -0.4 is 9.64 Å². The van der Waals surface area contributed by atoms with Gasteiger partial charge in [-0.25, -0.2) is 9.98 Å². The van der Waals surface area contributed by atoms with Gasteiger partial charge in [-0.15, -0.1) is 0 Å². The third-order valence-electron chi connectivity index (χ3n) is 3.56. The van der Waals surface area contributed by atoms with Crippen LogP contribution in [0.15, 0.2) is 11.1 Å². The number of rotatable bonds is 2. The predicted molar refractivity (Wildman–Crippen MR) is 76.7 cm³/mol. The monoisotopic (exact) mass is 271 g/mol. The van der Waals surface area contributed by atoms with E-state index in [1.165, 1.54) is 0 Å². The summed E-state index contributed by atoms with van der Waals surface area (Å²) >= 11 is 0. The lowest BCUT2D eigenvalue weighted by atomic mass is 10.2. The standard InChI is InChI=1S/C14H17N5O/c1-18(2)9-16-11-6-13-14(17-12(11)7-15)19-5-3-4-10(19)8-20-13/h6,9-10H,3-5,8H2,1-2H3/t10-/m0/s1. The first-order valence-corrected chi connectivity index (χ1v) is 6.74. The highest BCUT2D eigenvalue weighted by atomic mass is 16.5. The van der Waals surface area contributed by atoms with E-state index in [1.54, 1.807) is 6.34 Å². The Bertz CT molecular complexity index is 590. The minimum atomic E-state index is 0.345. The maximum absolute atomic E-state index is 9.27. The summed E-state index contributed by atoms with van der Waals surface area (Å²) in [6, 6.07) is 4.34. The van der Waals surface area contributed by atoms with E-state index in [0.29, 0.717) is 24.0 Å². The summed E-state index contributed by atoms with van der Waals surface area (Å²) < 4.78 is 5.78. The molecule has 0 amide bonds. The molecule has 2 aliphatic heterocycles. The van der Waals surface area contributed by atoms with E-state index in [1.807, 2.05) is 25.1 Å². The number of hydrogen-bond acceptors (Lipinski definition) is 5. The lowest BCUT2D eigenvalue weighted by molar-refractivity contribution is 0.270. The van der Waals surface area contributed by atoms with Gasteiger partial charge in [-0.3, -0.25) is 0 Å². The van der Waals surface area contributed by atoms with Crippen LogP contribution >= 0.6 is 0 Å². The highest BCUT2D eigenvalue weighted by Gasteiger charge is 2.33. The quantitative estimate of drug-likeness (QED) is 0.603. The summed E-state index contributed by atoms with van der Waals surface area (Å²) in [5.41, 5.74) is 0.899. The van der Waals surface area contributed by atoms with E-state index in [4.69, 9.17) is 4.74 Å². The molecule has 0 radical (unpaired) electrons. The van der Waals surface area contributed by atoms with Gasteiger partial charge in [0.2, 0.25) is 0 Å². The maximum Gasteiger partial charge on any atom is 0.173 e. The van der Waals surface area contributed by atoms with E-state index in [2.05, 4.69) is 20.9 Å². The van der Waals surface area contributed by atoms with Gasteiger partial charge in [-0.05, 0) is 12.8 Å². The number of aromatic nitrogens is 1. The van der Waals surface area contributed by atoms with E-state index in [0.717, 1.165) is 31.0 Å². The summed E-state index contributed by atoms with van der Waals surface area (Å²) in [5, 5.41) is 9.27. The molecular formula is C14H17N5O. The molecule has 6 nitrogen and oxygen atoms in total. The smallest absolute Gasteiger partial charge is 0.173 e. The fourth-order valence-corrected chi connectivity index (χ4v) is 2.62. The molecule has 6 heteroatoms. The second kappa shape index (κ2) is 5.00. The molecule has 1 aromatic rings. The van der Waals surface area contributed by atoms with E-state index < -0.39 is 0 Å². The topological polar surface area (TPSA) is 64.8 Å². The van der Waals surface area contributed by atoms with Crippen molar-refractivity contribution >= 4 is 17.8 Å². The van der Waals surface area contributed by atoms with Gasteiger partial charge in [0.1, 0.15) is 18.4 Å². The van der Waals surface area contributed by atoms with Crippen LogP contribution in [0.2, 0.25) is 0 Å². The molecule has 0 aliphatic carbocycles. The Morgan fingerprint density at radius 3 is 3.20 bits per heavy atom. The molecule has 0 aromatic carbocycles. The SMILES string of the molecule is CN(C)C=Nc1cc2c(nc1C#N)N1CCC[C@H]1CO2. The zero-order valence-electron chi connectivity index (χ0n) is 11.7. The second-order valence-electron chi connectivity index (χ2n) is 5.30. The molecule has 1 aromatic heterocycles. The number of anilines is 1. The second-order valence-corrected chi connectivity index (χ2v) is 5.30. The molecule has 0 spiro atoms. The first-order valence-electron chi connectivity index (χ1n) is 6.74. The highest BCUT2D eigenvalue weighted by molar-refractivity contribution is 5.69. The molecule has 1 fully saturated rings. The van der Waals surface area contributed by atoms with Crippen LogP contribution in [0.5, 0.6) is 5.75 Å². The van der Waals surface area contributed by atoms with Gasteiger partial charge in [0, 0.05) is 26.7 Å². The number of aliphatic imine (C=N–C) groups is 1. The molecule has 1 saturated heterocycles. The molecule has 104 valence electrons. The lowest BCUT2D eigenvalue weighted by Gasteiger charge is -2.32. The zero-order valence-corrected chi connectivity index (χ0v) is 11.7. The third kappa shape index (κ3) is 2.16. The Morgan fingerprint density at radius 2 is 2.45 bits per heavy atom. The number of nitrogens with zero attached hydrogens (tertiary/aromatic N) is 5. The molecule has 0 bridgehead atoms. The summed E-state index contributed by atoms with van der Waals surface area (Å²) in [5.74, 6) is 1.52. The van der Waals surface area contributed by atoms with Crippen molar-refractivity contribution in [1.82, 2.24) is 9.88 Å². The highest BCUT2D eigenvalue weighted by Crippen LogP contribution is 2.39. The van der Waals surface area contributed by atoms with Crippen molar-refractivity contribution in [2.75, 3.05) is 32.1 Å². The number of nitriles is 1. The van der Waals surface area contributed by atoms with Crippen molar-refractivity contribution in [1.29, 1.82) is 5.26 Å². The largest absolute Gasteiger partial charge is 0.487 e. The molecule has 1 atom stereocenters. The molecular weight excluding hydrogens is 254 g/mol. The van der Waals surface area contributed by atoms with Crippen LogP contribution in [-0.2, 0) is 0 Å². The average molecular weight is 271 g/mol. The molecule has 2 aliphatic rings. The maximum atomic E-state index is 9.27. The van der Waals surface area contributed by atoms with Crippen LogP contribution in [0.1, 0.15) is 18.5 Å². The molecule has 0 saturated carbocycles. The number of ether oxygens (including phenoxy) is 1. The molecule has 3 heterocycles. The Balaban J connectivity index is 2.02. The Kier molecular flexibility index (Phi) is 3.18. The van der Waals surface area contributed by atoms with Crippen molar-refractivity contribution in [3.63, 3.8) is 0 Å². The summed E-state index contributed by atoms with van der Waals surface area (Å²) in [7, 11) is 3.76. The van der Waals surface area contributed by atoms with Crippen molar-refractivity contribution in [2.45, 2.75) is 18.9 Å². The number of hydrogen-bond donors (Lipinski definition) is 0. The van der Waals surface area contributed by atoms with Crippen molar-refractivity contribution in [3.8, 4) is 11.8 Å². The van der Waals surface area contributed by atoms with Gasteiger partial charge in [0.15, 0.2) is 17.3 Å². The molecule has 0 N–H and O–H groups in total. The first-order chi connectivity index (χ1) is 9.69. The average Bonchev–Trinajstić information content (AvgIpc) is 2.92. The Labute approximate surface area is 118 Å². The fraction of sp³-hybridized carbons (Fsp3) is 0.500. The van der Waals surface area contributed by atoms with Gasteiger partial charge in [0.05, 0.1) is 12.4 Å². The van der Waals surface area contributed by atoms with Gasteiger partial charge < -0.3 is 14.5 Å². The Hall–Kier alpha value is -2.29. The minimum absolute atomic E-state index is 0.345. The normalized spacial score (nSPS) is 20.2. The minimum Gasteiger partial charge on any atom is -0.487 e. The summed E-state index contributed by atoms with van der Waals surface area (Å²) in [4.78, 5) is 12.8. The van der Waals surface area contributed by atoms with Crippen LogP contribution in [0, 0.1) is 11.3 Å². The Morgan fingerprint density at radius 1 is 1.60 bits per heavy atom. The molecule has 3 rings (SSSR count). The molecule has 20 heavy (non-hydrogen) atoms.